The molecule has 2 fully saturated rings. The molecule has 0 bridgehead atoms. The van der Waals surface area contributed by atoms with Crippen molar-refractivity contribution in [2.45, 2.75) is 59.8 Å². The van der Waals surface area contributed by atoms with Crippen LogP contribution in [0.3, 0.4) is 0 Å². The number of alkyl halides is 1. The van der Waals surface area contributed by atoms with Gasteiger partial charge in [-0.1, -0.05) is 34.1 Å². The van der Waals surface area contributed by atoms with Crippen molar-refractivity contribution in [2.24, 2.45) is 0 Å². The second-order valence-corrected chi connectivity index (χ2v) is 3.54. The van der Waals surface area contributed by atoms with Crippen LogP contribution in [-0.2, 0) is 108 Å². The van der Waals surface area contributed by atoms with Crippen LogP contribution in [0.2, 0.25) is 0 Å². The maximum absolute atomic E-state index is 4.64. The van der Waals surface area contributed by atoms with Gasteiger partial charge < -0.3 is 47.9 Å². The Bertz CT molecular complexity index is 80.1. The van der Waals surface area contributed by atoms with Crippen molar-refractivity contribution >= 4 is 35.6 Å². The van der Waals surface area contributed by atoms with E-state index in [0.717, 1.165) is 0 Å². The summed E-state index contributed by atoms with van der Waals surface area (Å²) >= 11 is 4.64. The molecule has 1 N–H and O–H groups in total. The van der Waals surface area contributed by atoms with Crippen LogP contribution in [0.5, 0.6) is 0 Å². The third kappa shape index (κ3) is 73.5. The van der Waals surface area contributed by atoms with E-state index in [9.17, 15) is 0 Å². The molecule has 2 rings (SSSR count). The summed E-state index contributed by atoms with van der Waals surface area (Å²) < 4.78 is 0. The van der Waals surface area contributed by atoms with Gasteiger partial charge in [0.25, 0.3) is 0 Å². The zero-order valence-electron chi connectivity index (χ0n) is 15.8. The van der Waals surface area contributed by atoms with E-state index < -0.39 is 0 Å². The predicted molar refractivity (Wildman–Crippen MR) is 120 cm³/mol. The van der Waals surface area contributed by atoms with Gasteiger partial charge in [0.1, 0.15) is 0 Å². The van der Waals surface area contributed by atoms with E-state index in [1.54, 1.807) is 0 Å². The van der Waals surface area contributed by atoms with Crippen molar-refractivity contribution in [2.75, 3.05) is 19.5 Å². The summed E-state index contributed by atoms with van der Waals surface area (Å²) in [5.74, 6) is 0. The molecule has 25 heavy (non-hydrogen) atoms. The number of piperidine rings is 1. The second kappa shape index (κ2) is 79.1. The van der Waals surface area contributed by atoms with Gasteiger partial charge in [0.2, 0.25) is 0 Å². The molecule has 7 heteroatoms. The molecule has 1 saturated heterocycles. The molecule has 0 unspecified atom stereocenters. The first-order valence-corrected chi connectivity index (χ1v) is 6.47. The van der Waals surface area contributed by atoms with Gasteiger partial charge in [-0.2, -0.15) is 25.7 Å². The minimum Gasteiger partial charge on any atom is -0.358 e. The Hall–Kier alpha value is 4.56. The predicted octanol–water partition coefficient (Wildman–Crippen LogP) is 7.27. The topological polar surface area (TPSA) is 12.0 Å². The van der Waals surface area contributed by atoms with Crippen LogP contribution in [0.25, 0.3) is 0 Å². The summed E-state index contributed by atoms with van der Waals surface area (Å²) in [5.41, 5.74) is 0. The number of nitrogens with one attached hydrogen (secondary N) is 1. The number of halogens is 2. The molecule has 1 heterocycles. The summed E-state index contributed by atoms with van der Waals surface area (Å²) in [6.45, 7) is 2.39. The van der Waals surface area contributed by atoms with E-state index in [-0.39, 0.29) is 176 Å². The fraction of sp³-hybridized carbons (Fsp3) is 0.667. The van der Waals surface area contributed by atoms with Crippen molar-refractivity contribution in [3.8, 4) is 0 Å². The van der Waals surface area contributed by atoms with Gasteiger partial charge in [-0.15, -0.1) is 35.6 Å². The minimum atomic E-state index is 0. The number of rotatable bonds is 0. The molecule has 156 valence electrons. The Labute approximate surface area is 266 Å². The SMILES string of the molecule is C.C.CCl.I.[CH-]1CCCCC1.[CH-]1CCNCC1.[CH3-].[CH3-].[CH3-].[CH3-].[W+2].[W+2].[Y].[Y]. The van der Waals surface area contributed by atoms with E-state index in [2.05, 4.69) is 29.8 Å². The van der Waals surface area contributed by atoms with Crippen molar-refractivity contribution in [3.05, 3.63) is 42.5 Å². The molecule has 1 aliphatic heterocycles. The van der Waals surface area contributed by atoms with Gasteiger partial charge in [-0.3, -0.25) is 0 Å². The summed E-state index contributed by atoms with van der Waals surface area (Å²) in [6.07, 6.45) is 15.8. The molecule has 0 aromatic heterocycles. The molecule has 1 saturated carbocycles. The van der Waals surface area contributed by atoms with Crippen LogP contribution >= 0.6 is 35.6 Å². The monoisotopic (exact) mass is 983 g/mol. The van der Waals surface area contributed by atoms with E-state index in [0.29, 0.717) is 0 Å². The van der Waals surface area contributed by atoms with Crippen LogP contribution in [0, 0.1) is 42.5 Å². The normalized spacial score (nSPS) is 11.8. The van der Waals surface area contributed by atoms with Gasteiger partial charge in [-0.25, -0.2) is 0 Å². The first kappa shape index (κ1) is 78.2. The largest absolute Gasteiger partial charge is 2.00 e. The Morgan fingerprint density at radius 3 is 1.00 bits per heavy atom. The molecular weight excluding hydrogens is 938 g/mol. The summed E-state index contributed by atoms with van der Waals surface area (Å²) in [6, 6.07) is 0. The van der Waals surface area contributed by atoms with Crippen molar-refractivity contribution in [1.82, 2.24) is 5.32 Å². The standard InChI is InChI=1S/C6H11.C5H10N.CH3Cl.2CH4.4CH3.HI.2W.2Y/c2*1-2-4-6-5-3-1;1-2;;;;;;;;;;;/h1H,2-6H2;1,6H,2-5H2;1H3;2*1H4;4*1H3;1H;;;;/q2*-1;;;;4*-1;;2*+2;;. The zero-order valence-corrected chi connectivity index (χ0v) is 30.4. The molecule has 0 aromatic carbocycles. The molecule has 0 aromatic rings. The molecular formula is C18H45ClINW2Y2-2. The molecule has 2 radical (unpaired) electrons. The van der Waals surface area contributed by atoms with Crippen LogP contribution in [0.15, 0.2) is 0 Å². The van der Waals surface area contributed by atoms with E-state index in [1.807, 2.05) is 0 Å². The van der Waals surface area contributed by atoms with E-state index in [1.165, 1.54) is 64.4 Å². The summed E-state index contributed by atoms with van der Waals surface area (Å²) in [4.78, 5) is 0. The molecule has 0 spiro atoms. The van der Waals surface area contributed by atoms with Crippen LogP contribution in [0.4, 0.5) is 0 Å². The second-order valence-electron chi connectivity index (χ2n) is 3.54. The molecule has 0 atom stereocenters. The van der Waals surface area contributed by atoms with Crippen molar-refractivity contribution < 1.29 is 108 Å². The smallest absolute Gasteiger partial charge is 0.358 e. The zero-order chi connectivity index (χ0) is 10.5. The number of hydrogen-bond donors (Lipinski definition) is 1. The molecule has 1 nitrogen and oxygen atoms in total. The first-order valence-electron chi connectivity index (χ1n) is 5.72. The van der Waals surface area contributed by atoms with Crippen molar-refractivity contribution in [1.29, 1.82) is 0 Å². The van der Waals surface area contributed by atoms with E-state index >= 15 is 0 Å². The Morgan fingerprint density at radius 2 is 0.920 bits per heavy atom. The average Bonchev–Trinajstić information content (AvgIpc) is 2.37. The van der Waals surface area contributed by atoms with E-state index in [4.69, 9.17) is 0 Å². The van der Waals surface area contributed by atoms with Gasteiger partial charge >= 0.3 is 42.1 Å². The van der Waals surface area contributed by atoms with Gasteiger partial charge in [-0.05, 0) is 13.1 Å². The Balaban J connectivity index is -0.00000000878. The Morgan fingerprint density at radius 1 is 0.640 bits per heavy atom. The fourth-order valence-corrected chi connectivity index (χ4v) is 1.58. The maximum Gasteiger partial charge on any atom is 2.00 e. The fourth-order valence-electron chi connectivity index (χ4n) is 1.58. The van der Waals surface area contributed by atoms with Crippen LogP contribution < -0.4 is 5.32 Å². The van der Waals surface area contributed by atoms with Gasteiger partial charge in [0.05, 0.1) is 0 Å². The summed E-state index contributed by atoms with van der Waals surface area (Å²) in [7, 11) is 0. The first-order chi connectivity index (χ1) is 7.00. The van der Waals surface area contributed by atoms with Crippen LogP contribution in [0.1, 0.15) is 59.8 Å². The molecule has 2 aliphatic rings. The third-order valence-corrected chi connectivity index (χ3v) is 2.37. The van der Waals surface area contributed by atoms with Gasteiger partial charge in [0.15, 0.2) is 0 Å². The van der Waals surface area contributed by atoms with Gasteiger partial charge in [0, 0.05) is 71.8 Å². The minimum absolute atomic E-state index is 0. The Kier molecular flexibility index (Phi) is 247. The molecule has 0 amide bonds. The maximum atomic E-state index is 4.64. The molecule has 1 aliphatic carbocycles. The average molecular weight is 983 g/mol. The van der Waals surface area contributed by atoms with Crippen molar-refractivity contribution in [3.63, 3.8) is 0 Å². The van der Waals surface area contributed by atoms with Crippen LogP contribution in [-0.4, -0.2) is 19.5 Å². The third-order valence-electron chi connectivity index (χ3n) is 2.37. The quantitative estimate of drug-likeness (QED) is 0.153. The summed E-state index contributed by atoms with van der Waals surface area (Å²) in [5, 5.41) is 3.25. The number of hydrogen-bond acceptors (Lipinski definition) is 1.